The van der Waals surface area contributed by atoms with Crippen LogP contribution in [-0.4, -0.2) is 46.7 Å². The first-order valence-electron chi connectivity index (χ1n) is 11.3. The number of hydrogen-bond acceptors (Lipinski definition) is 4. The van der Waals surface area contributed by atoms with Gasteiger partial charge >= 0.3 is 6.18 Å². The van der Waals surface area contributed by atoms with Gasteiger partial charge in [0.2, 0.25) is 5.43 Å². The highest BCUT2D eigenvalue weighted by Gasteiger charge is 2.71. The average molecular weight is 528 g/mol. The molecule has 13 heteroatoms. The summed E-state index contributed by atoms with van der Waals surface area (Å²) >= 11 is 0. The Balaban J connectivity index is 1.63. The minimum absolute atomic E-state index is 0.0155. The van der Waals surface area contributed by atoms with Crippen LogP contribution in [0.25, 0.3) is 16.7 Å². The van der Waals surface area contributed by atoms with E-state index in [-0.39, 0.29) is 35.6 Å². The summed E-state index contributed by atoms with van der Waals surface area (Å²) in [6.07, 6.45) is -4.43. The summed E-state index contributed by atoms with van der Waals surface area (Å²) in [7, 11) is 0. The number of anilines is 1. The van der Waals surface area contributed by atoms with Crippen LogP contribution in [0, 0.1) is 23.5 Å². The van der Waals surface area contributed by atoms with Crippen LogP contribution < -0.4 is 15.6 Å². The number of pyridine rings is 2. The number of benzene rings is 1. The van der Waals surface area contributed by atoms with Crippen LogP contribution in [0.15, 0.2) is 41.3 Å². The summed E-state index contributed by atoms with van der Waals surface area (Å²) in [5.74, 6) is -7.52. The smallest absolute Gasteiger partial charge is 0.356 e. The van der Waals surface area contributed by atoms with E-state index in [1.807, 2.05) is 0 Å². The largest absolute Gasteiger partial charge is 0.408 e. The highest BCUT2D eigenvalue weighted by Crippen LogP contribution is 2.59. The molecule has 0 radical (unpaired) electrons. The maximum absolute atomic E-state index is 14.8. The highest BCUT2D eigenvalue weighted by molar-refractivity contribution is 5.97. The molecule has 3 atom stereocenters. The van der Waals surface area contributed by atoms with Crippen LogP contribution in [0.5, 0.6) is 0 Å². The molecule has 1 saturated heterocycles. The van der Waals surface area contributed by atoms with Gasteiger partial charge in [0.15, 0.2) is 5.65 Å². The van der Waals surface area contributed by atoms with E-state index in [1.54, 1.807) is 10.2 Å². The number of rotatable bonds is 5. The normalized spacial score (nSPS) is 21.1. The van der Waals surface area contributed by atoms with Crippen molar-refractivity contribution in [3.05, 3.63) is 63.9 Å². The number of halogens is 7. The van der Waals surface area contributed by atoms with Crippen molar-refractivity contribution in [3.8, 4) is 5.69 Å². The van der Waals surface area contributed by atoms with E-state index in [0.717, 1.165) is 22.9 Å². The van der Waals surface area contributed by atoms with E-state index in [1.165, 1.54) is 19.1 Å². The molecular weight excluding hydrogens is 509 g/mol. The SMILES string of the molecule is CC[C@@H](NC(=O)c1cn(-c2ccc(F)cc2F)c2nc(N3CC4C(C3)C4(F)F)ccc2c1=O)C(F)(F)F. The Labute approximate surface area is 204 Å². The fourth-order valence-electron chi connectivity index (χ4n) is 4.74. The fraction of sp³-hybridized carbons (Fsp3) is 0.375. The zero-order valence-corrected chi connectivity index (χ0v) is 19.1. The monoisotopic (exact) mass is 528 g/mol. The number of amides is 1. The molecule has 2 unspecified atom stereocenters. The van der Waals surface area contributed by atoms with Gasteiger partial charge in [-0.15, -0.1) is 0 Å². The van der Waals surface area contributed by atoms with E-state index in [0.29, 0.717) is 6.07 Å². The first-order chi connectivity index (χ1) is 17.3. The van der Waals surface area contributed by atoms with Crippen molar-refractivity contribution < 1.29 is 35.5 Å². The number of piperidine rings is 1. The number of fused-ring (bicyclic) bond motifs is 2. The van der Waals surface area contributed by atoms with Crippen LogP contribution in [0.3, 0.4) is 0 Å². The van der Waals surface area contributed by atoms with Crippen molar-refractivity contribution in [2.75, 3.05) is 18.0 Å². The first kappa shape index (κ1) is 25.0. The molecular formula is C24H19F7N4O2. The molecule has 2 aromatic heterocycles. The van der Waals surface area contributed by atoms with E-state index < -0.39 is 64.9 Å². The van der Waals surface area contributed by atoms with Crippen molar-refractivity contribution >= 4 is 22.8 Å². The van der Waals surface area contributed by atoms with Crippen molar-refractivity contribution in [2.24, 2.45) is 11.8 Å². The molecule has 6 nitrogen and oxygen atoms in total. The van der Waals surface area contributed by atoms with Gasteiger partial charge in [-0.05, 0) is 30.7 Å². The molecule has 1 aromatic carbocycles. The number of nitrogens with zero attached hydrogens (tertiary/aromatic N) is 3. The minimum atomic E-state index is -4.77. The maximum Gasteiger partial charge on any atom is 0.408 e. The number of aromatic nitrogens is 2. The molecule has 1 amide bonds. The van der Waals surface area contributed by atoms with Crippen LogP contribution in [0.2, 0.25) is 0 Å². The summed E-state index contributed by atoms with van der Waals surface area (Å²) in [5.41, 5.74) is -2.18. The molecule has 1 aliphatic heterocycles. The Morgan fingerprint density at radius 3 is 2.43 bits per heavy atom. The summed E-state index contributed by atoms with van der Waals surface area (Å²) in [5, 5.41) is 1.55. The van der Waals surface area contributed by atoms with Crippen molar-refractivity contribution in [1.82, 2.24) is 14.9 Å². The Morgan fingerprint density at radius 2 is 1.84 bits per heavy atom. The molecule has 2 aliphatic rings. The van der Waals surface area contributed by atoms with Gasteiger partial charge in [-0.1, -0.05) is 6.92 Å². The molecule has 0 bridgehead atoms. The molecule has 0 spiro atoms. The van der Waals surface area contributed by atoms with Crippen molar-refractivity contribution in [3.63, 3.8) is 0 Å². The van der Waals surface area contributed by atoms with Gasteiger partial charge < -0.3 is 10.2 Å². The molecule has 5 rings (SSSR count). The molecule has 1 aliphatic carbocycles. The van der Waals surface area contributed by atoms with Gasteiger partial charge in [0.25, 0.3) is 11.8 Å². The second-order valence-corrected chi connectivity index (χ2v) is 9.15. The Bertz CT molecular complexity index is 1460. The second kappa shape index (κ2) is 8.45. The maximum atomic E-state index is 14.8. The third-order valence-corrected chi connectivity index (χ3v) is 6.88. The predicted octanol–water partition coefficient (Wildman–Crippen LogP) is 4.44. The van der Waals surface area contributed by atoms with Crippen LogP contribution in [0.4, 0.5) is 36.6 Å². The van der Waals surface area contributed by atoms with E-state index >= 15 is 0 Å². The quantitative estimate of drug-likeness (QED) is 0.498. The Kier molecular flexibility index (Phi) is 5.72. The number of nitrogens with one attached hydrogen (secondary N) is 1. The van der Waals surface area contributed by atoms with Gasteiger partial charge in [0.1, 0.15) is 29.1 Å². The van der Waals surface area contributed by atoms with Crippen LogP contribution >= 0.6 is 0 Å². The zero-order valence-electron chi connectivity index (χ0n) is 19.1. The number of carbonyl (C=O) groups is 1. The summed E-state index contributed by atoms with van der Waals surface area (Å²) < 4.78 is 96.2. The second-order valence-electron chi connectivity index (χ2n) is 9.15. The summed E-state index contributed by atoms with van der Waals surface area (Å²) in [6.45, 7) is 1.23. The standard InChI is InChI=1S/C24H19F7N4O2/c1-2-18(24(29,30)31)32-22(37)13-8-35(17-5-3-11(25)7-16(17)26)21-12(20(13)36)4-6-19(33-21)34-9-14-15(10-34)23(14,27)28/h3-8,14-15,18H,2,9-10H2,1H3,(H,32,37)/t14?,15?,18-/m1/s1. The van der Waals surface area contributed by atoms with E-state index in [9.17, 15) is 40.3 Å². The highest BCUT2D eigenvalue weighted by atomic mass is 19.4. The van der Waals surface area contributed by atoms with Gasteiger partial charge in [-0.25, -0.2) is 22.5 Å². The molecule has 196 valence electrons. The number of hydrogen-bond donors (Lipinski definition) is 1. The van der Waals surface area contributed by atoms with Gasteiger partial charge in [-0.3, -0.25) is 14.2 Å². The third kappa shape index (κ3) is 4.19. The molecule has 1 saturated carbocycles. The Morgan fingerprint density at radius 1 is 1.16 bits per heavy atom. The lowest BCUT2D eigenvalue weighted by Crippen LogP contribution is -2.46. The topological polar surface area (TPSA) is 67.2 Å². The Hall–Kier alpha value is -3.64. The molecule has 1 N–H and O–H groups in total. The van der Waals surface area contributed by atoms with Gasteiger partial charge in [0.05, 0.1) is 22.9 Å². The zero-order chi connectivity index (χ0) is 26.9. The van der Waals surface area contributed by atoms with E-state index in [4.69, 9.17) is 0 Å². The summed E-state index contributed by atoms with van der Waals surface area (Å²) in [6, 6.07) is 2.86. The summed E-state index contributed by atoms with van der Waals surface area (Å²) in [4.78, 5) is 31.8. The van der Waals surface area contributed by atoms with Gasteiger partial charge in [-0.2, -0.15) is 13.2 Å². The average Bonchev–Trinajstić information content (AvgIpc) is 3.15. The molecule has 2 fully saturated rings. The number of carbonyl (C=O) groups excluding carboxylic acids is 1. The number of alkyl halides is 5. The lowest BCUT2D eigenvalue weighted by Gasteiger charge is -2.22. The lowest BCUT2D eigenvalue weighted by molar-refractivity contribution is -0.153. The lowest BCUT2D eigenvalue weighted by atomic mass is 10.1. The van der Waals surface area contributed by atoms with E-state index in [2.05, 4.69) is 4.98 Å². The molecule has 37 heavy (non-hydrogen) atoms. The molecule has 3 heterocycles. The first-order valence-corrected chi connectivity index (χ1v) is 11.3. The van der Waals surface area contributed by atoms with Crippen molar-refractivity contribution in [1.29, 1.82) is 0 Å². The van der Waals surface area contributed by atoms with Crippen LogP contribution in [-0.2, 0) is 0 Å². The predicted molar refractivity (Wildman–Crippen MR) is 119 cm³/mol. The van der Waals surface area contributed by atoms with Gasteiger partial charge in [0, 0.05) is 25.4 Å². The molecule has 3 aromatic rings. The van der Waals surface area contributed by atoms with Crippen LogP contribution in [0.1, 0.15) is 23.7 Å². The van der Waals surface area contributed by atoms with Crippen molar-refractivity contribution in [2.45, 2.75) is 31.5 Å². The fourth-order valence-corrected chi connectivity index (χ4v) is 4.74. The third-order valence-electron chi connectivity index (χ3n) is 6.88. The minimum Gasteiger partial charge on any atom is -0.356 e.